The van der Waals surface area contributed by atoms with Crippen molar-refractivity contribution in [2.45, 2.75) is 20.3 Å². The largest absolute Gasteiger partial charge is 0.364 e. The number of aromatic nitrogens is 3. The summed E-state index contributed by atoms with van der Waals surface area (Å²) in [5, 5.41) is 17.4. The van der Waals surface area contributed by atoms with Crippen molar-refractivity contribution in [3.8, 4) is 0 Å². The second-order valence-electron chi connectivity index (χ2n) is 5.25. The molecule has 23 heavy (non-hydrogen) atoms. The molecule has 0 bridgehead atoms. The predicted molar refractivity (Wildman–Crippen MR) is 89.2 cm³/mol. The average Bonchev–Trinajstić information content (AvgIpc) is 2.49. The van der Waals surface area contributed by atoms with Gasteiger partial charge >= 0.3 is 5.69 Å². The van der Waals surface area contributed by atoms with E-state index in [1.54, 1.807) is 12.1 Å². The van der Waals surface area contributed by atoms with Gasteiger partial charge in [-0.25, -0.2) is 15.0 Å². The Hall–Kier alpha value is -2.48. The van der Waals surface area contributed by atoms with Gasteiger partial charge in [0.25, 0.3) is 0 Å². The zero-order valence-electron chi connectivity index (χ0n) is 12.8. The van der Waals surface area contributed by atoms with Gasteiger partial charge in [0.2, 0.25) is 11.6 Å². The van der Waals surface area contributed by atoms with Crippen LogP contribution in [0.15, 0.2) is 24.7 Å². The summed E-state index contributed by atoms with van der Waals surface area (Å²) in [4.78, 5) is 22.7. The lowest BCUT2D eigenvalue weighted by Gasteiger charge is -2.11. The fourth-order valence-electron chi connectivity index (χ4n) is 1.86. The van der Waals surface area contributed by atoms with Gasteiger partial charge in [0.05, 0.1) is 10.6 Å². The van der Waals surface area contributed by atoms with Crippen LogP contribution in [0.2, 0.25) is 5.15 Å². The highest BCUT2D eigenvalue weighted by atomic mass is 35.5. The molecule has 2 heterocycles. The zero-order valence-corrected chi connectivity index (χ0v) is 13.5. The molecule has 0 saturated carbocycles. The summed E-state index contributed by atoms with van der Waals surface area (Å²) in [6.45, 7) is 4.74. The van der Waals surface area contributed by atoms with Gasteiger partial charge in [0, 0.05) is 12.7 Å². The Morgan fingerprint density at radius 3 is 2.70 bits per heavy atom. The van der Waals surface area contributed by atoms with E-state index in [9.17, 15) is 10.1 Å². The van der Waals surface area contributed by atoms with Crippen molar-refractivity contribution in [3.05, 3.63) is 39.9 Å². The lowest BCUT2D eigenvalue weighted by atomic mass is 10.1. The highest BCUT2D eigenvalue weighted by Gasteiger charge is 2.23. The molecule has 0 fully saturated rings. The number of anilines is 3. The maximum atomic E-state index is 11.4. The molecule has 0 amide bonds. The van der Waals surface area contributed by atoms with E-state index in [0.29, 0.717) is 18.2 Å². The predicted octanol–water partition coefficient (Wildman–Crippen LogP) is 3.63. The molecule has 0 aliphatic heterocycles. The Balaban J connectivity index is 2.29. The highest BCUT2D eigenvalue weighted by molar-refractivity contribution is 6.32. The van der Waals surface area contributed by atoms with Gasteiger partial charge in [-0.2, -0.15) is 0 Å². The second-order valence-corrected chi connectivity index (χ2v) is 5.61. The van der Waals surface area contributed by atoms with Crippen molar-refractivity contribution in [2.24, 2.45) is 5.92 Å². The second kappa shape index (κ2) is 7.68. The summed E-state index contributed by atoms with van der Waals surface area (Å²) in [5.74, 6) is 0.718. The standard InChI is InChI=1S/C14H17ClN6O2/c1-9(2)5-7-17-13-11(21(22)23)14(19-8-18-13)20-10-4-3-6-16-12(10)15/h3-4,6,8-9H,5,7H2,1-2H3,(H2,17,18,19,20). The minimum Gasteiger partial charge on any atom is -0.364 e. The van der Waals surface area contributed by atoms with Crippen LogP contribution in [0.5, 0.6) is 0 Å². The lowest BCUT2D eigenvalue weighted by Crippen LogP contribution is -2.10. The first-order valence-electron chi connectivity index (χ1n) is 7.09. The van der Waals surface area contributed by atoms with E-state index in [-0.39, 0.29) is 22.5 Å². The van der Waals surface area contributed by atoms with Gasteiger partial charge in [-0.15, -0.1) is 0 Å². The Morgan fingerprint density at radius 1 is 1.30 bits per heavy atom. The first-order chi connectivity index (χ1) is 11.0. The summed E-state index contributed by atoms with van der Waals surface area (Å²) < 4.78 is 0. The molecule has 0 aliphatic carbocycles. The van der Waals surface area contributed by atoms with Gasteiger partial charge in [0.15, 0.2) is 5.15 Å². The minimum atomic E-state index is -0.523. The number of nitro groups is 1. The number of rotatable bonds is 7. The van der Waals surface area contributed by atoms with Crippen LogP contribution in [0.25, 0.3) is 0 Å². The molecule has 0 unspecified atom stereocenters. The molecule has 0 atom stereocenters. The summed E-state index contributed by atoms with van der Waals surface area (Å²) >= 11 is 5.96. The fraction of sp³-hybridized carbons (Fsp3) is 0.357. The molecule has 122 valence electrons. The van der Waals surface area contributed by atoms with E-state index in [4.69, 9.17) is 11.6 Å². The first-order valence-corrected chi connectivity index (χ1v) is 7.47. The topological polar surface area (TPSA) is 106 Å². The number of nitrogens with one attached hydrogen (secondary N) is 2. The minimum absolute atomic E-state index is 0.0620. The molecular weight excluding hydrogens is 320 g/mol. The van der Waals surface area contributed by atoms with Crippen LogP contribution in [0.3, 0.4) is 0 Å². The van der Waals surface area contributed by atoms with Crippen molar-refractivity contribution in [1.29, 1.82) is 0 Å². The molecule has 2 rings (SSSR count). The zero-order chi connectivity index (χ0) is 16.8. The molecule has 2 aromatic heterocycles. The number of hydrogen-bond acceptors (Lipinski definition) is 7. The summed E-state index contributed by atoms with van der Waals surface area (Å²) in [7, 11) is 0. The summed E-state index contributed by atoms with van der Waals surface area (Å²) in [6.07, 6.45) is 3.66. The Kier molecular flexibility index (Phi) is 5.64. The van der Waals surface area contributed by atoms with Crippen LogP contribution in [-0.2, 0) is 0 Å². The molecule has 0 saturated heterocycles. The van der Waals surface area contributed by atoms with E-state index in [0.717, 1.165) is 6.42 Å². The van der Waals surface area contributed by atoms with Crippen LogP contribution in [-0.4, -0.2) is 26.4 Å². The van der Waals surface area contributed by atoms with Crippen LogP contribution in [0.4, 0.5) is 23.0 Å². The first kappa shape index (κ1) is 16.9. The highest BCUT2D eigenvalue weighted by Crippen LogP contribution is 2.32. The smallest absolute Gasteiger partial charge is 0.353 e. The Labute approximate surface area is 138 Å². The molecule has 2 aromatic rings. The average molecular weight is 337 g/mol. The fourth-order valence-corrected chi connectivity index (χ4v) is 2.03. The maximum absolute atomic E-state index is 11.4. The third kappa shape index (κ3) is 4.49. The molecule has 9 heteroatoms. The van der Waals surface area contributed by atoms with Crippen molar-refractivity contribution in [2.75, 3.05) is 17.2 Å². The maximum Gasteiger partial charge on any atom is 0.353 e. The Morgan fingerprint density at radius 2 is 2.04 bits per heavy atom. The SMILES string of the molecule is CC(C)CCNc1ncnc(Nc2cccnc2Cl)c1[N+](=O)[O-]. The molecule has 2 N–H and O–H groups in total. The van der Waals surface area contributed by atoms with E-state index >= 15 is 0 Å². The number of nitrogens with zero attached hydrogens (tertiary/aromatic N) is 4. The van der Waals surface area contributed by atoms with Crippen molar-refractivity contribution in [3.63, 3.8) is 0 Å². The quantitative estimate of drug-likeness (QED) is 0.451. The van der Waals surface area contributed by atoms with Crippen LogP contribution in [0.1, 0.15) is 20.3 Å². The molecule has 0 aliphatic rings. The monoisotopic (exact) mass is 336 g/mol. The molecule has 8 nitrogen and oxygen atoms in total. The Bertz CT molecular complexity index is 695. The van der Waals surface area contributed by atoms with Gasteiger partial charge in [-0.05, 0) is 24.5 Å². The van der Waals surface area contributed by atoms with Crippen LogP contribution >= 0.6 is 11.6 Å². The van der Waals surface area contributed by atoms with Crippen molar-refractivity contribution >= 4 is 34.6 Å². The summed E-state index contributed by atoms with van der Waals surface area (Å²) in [5.41, 5.74) is 0.209. The van der Waals surface area contributed by atoms with Gasteiger partial charge in [-0.1, -0.05) is 25.4 Å². The van der Waals surface area contributed by atoms with Gasteiger partial charge in [0.1, 0.15) is 6.33 Å². The van der Waals surface area contributed by atoms with E-state index in [1.165, 1.54) is 12.5 Å². The number of hydrogen-bond donors (Lipinski definition) is 2. The van der Waals surface area contributed by atoms with Gasteiger partial charge in [-0.3, -0.25) is 10.1 Å². The van der Waals surface area contributed by atoms with Crippen molar-refractivity contribution < 1.29 is 4.92 Å². The third-order valence-electron chi connectivity index (χ3n) is 3.03. The molecule has 0 spiro atoms. The van der Waals surface area contributed by atoms with Crippen LogP contribution < -0.4 is 10.6 Å². The third-order valence-corrected chi connectivity index (χ3v) is 3.33. The number of halogens is 1. The lowest BCUT2D eigenvalue weighted by molar-refractivity contribution is -0.383. The van der Waals surface area contributed by atoms with Crippen molar-refractivity contribution in [1.82, 2.24) is 15.0 Å². The molecular formula is C14H17ClN6O2. The molecule has 0 radical (unpaired) electrons. The van der Waals surface area contributed by atoms with E-state index < -0.39 is 4.92 Å². The summed E-state index contributed by atoms with van der Waals surface area (Å²) in [6, 6.07) is 3.33. The van der Waals surface area contributed by atoms with E-state index in [2.05, 4.69) is 39.4 Å². The molecule has 0 aromatic carbocycles. The normalized spacial score (nSPS) is 10.6. The van der Waals surface area contributed by atoms with Gasteiger partial charge < -0.3 is 10.6 Å². The van der Waals surface area contributed by atoms with Crippen LogP contribution in [0, 0.1) is 16.0 Å². The number of pyridine rings is 1. The van der Waals surface area contributed by atoms with E-state index in [1.807, 2.05) is 0 Å².